The van der Waals surface area contributed by atoms with Crippen LogP contribution in [0.4, 0.5) is 0 Å². The minimum Gasteiger partial charge on any atom is -0.549 e. The summed E-state index contributed by atoms with van der Waals surface area (Å²) >= 11 is 0. The van der Waals surface area contributed by atoms with Crippen LogP contribution in [0, 0.1) is 5.92 Å². The number of piperidine rings is 1. The van der Waals surface area contributed by atoms with Gasteiger partial charge in [0.2, 0.25) is 0 Å². The molecule has 0 atom stereocenters. The smallest absolute Gasteiger partial charge is 0.549 e. The van der Waals surface area contributed by atoms with Crippen molar-refractivity contribution in [1.82, 2.24) is 4.90 Å². The topological polar surface area (TPSA) is 83.5 Å². The van der Waals surface area contributed by atoms with Crippen LogP contribution in [0.5, 0.6) is 0 Å². The molecule has 1 aliphatic rings. The summed E-state index contributed by atoms with van der Waals surface area (Å²) in [6.45, 7) is 3.13. The van der Waals surface area contributed by atoms with Gasteiger partial charge in [-0.2, -0.15) is 0 Å². The maximum Gasteiger partial charge on any atom is 1.00 e. The molecule has 0 radical (unpaired) electrons. The van der Waals surface area contributed by atoms with Crippen molar-refractivity contribution in [2.24, 2.45) is 5.92 Å². The van der Waals surface area contributed by atoms with Crippen molar-refractivity contribution in [3.63, 3.8) is 0 Å². The molecule has 98 valence electrons. The van der Waals surface area contributed by atoms with Gasteiger partial charge in [0.1, 0.15) is 0 Å². The molecule has 7 heteroatoms. The van der Waals surface area contributed by atoms with Crippen LogP contribution >= 0.6 is 0 Å². The molecule has 0 aromatic carbocycles. The summed E-state index contributed by atoms with van der Waals surface area (Å²) in [6, 6.07) is 0. The van der Waals surface area contributed by atoms with Gasteiger partial charge in [0.25, 0.3) is 0 Å². The third-order valence-electron chi connectivity index (χ3n) is 3.23. The number of unbranched alkanes of at least 4 members (excludes halogenated alkanes) is 1. The van der Waals surface area contributed by atoms with E-state index >= 15 is 0 Å². The van der Waals surface area contributed by atoms with Crippen LogP contribution in [-0.2, 0) is 9.59 Å². The Morgan fingerprint density at radius 3 is 1.95 bits per heavy atom. The molecule has 0 amide bonds. The second-order valence-corrected chi connectivity index (χ2v) is 4.59. The molecule has 1 fully saturated rings. The number of likely N-dealkylation sites (tertiary alicyclic amines) is 1. The van der Waals surface area contributed by atoms with Gasteiger partial charge < -0.3 is 24.7 Å². The number of hydrogen-bond acceptors (Lipinski definition) is 5. The fourth-order valence-electron chi connectivity index (χ4n) is 2.20. The van der Waals surface area contributed by atoms with Crippen LogP contribution in [0.3, 0.4) is 0 Å². The Kier molecular flexibility index (Phi) is 14.7. The van der Waals surface area contributed by atoms with Gasteiger partial charge in [-0.05, 0) is 45.3 Å². The molecule has 0 aliphatic carbocycles. The number of nitrogens with zero attached hydrogens (tertiary/aromatic N) is 1. The summed E-state index contributed by atoms with van der Waals surface area (Å²) in [7, 11) is 0. The third kappa shape index (κ3) is 9.45. The van der Waals surface area contributed by atoms with Crippen molar-refractivity contribution < 1.29 is 78.9 Å². The molecule has 0 aromatic heterocycles. The zero-order valence-electron chi connectivity index (χ0n) is 12.0. The molecular weight excluding hydrogens is 268 g/mol. The zero-order chi connectivity index (χ0) is 12.7. The number of aliphatic carboxylic acids is 2. The van der Waals surface area contributed by atoms with E-state index in [4.69, 9.17) is 0 Å². The third-order valence-corrected chi connectivity index (χ3v) is 3.23. The Balaban J connectivity index is 0. The molecule has 0 unspecified atom stereocenters. The van der Waals surface area contributed by atoms with E-state index in [0.717, 1.165) is 26.1 Å². The van der Waals surface area contributed by atoms with Gasteiger partial charge >= 0.3 is 59.1 Å². The predicted octanol–water partition coefficient (Wildman–Crippen LogP) is -7.23. The van der Waals surface area contributed by atoms with E-state index in [2.05, 4.69) is 4.90 Å². The van der Waals surface area contributed by atoms with Gasteiger partial charge in [-0.1, -0.05) is 12.8 Å². The molecule has 0 saturated carbocycles. The van der Waals surface area contributed by atoms with Crippen LogP contribution in [-0.4, -0.2) is 36.5 Å². The molecule has 0 bridgehead atoms. The summed E-state index contributed by atoms with van der Waals surface area (Å²) in [6.07, 6.45) is 5.26. The first kappa shape index (κ1) is 22.2. The summed E-state index contributed by atoms with van der Waals surface area (Å²) in [4.78, 5) is 23.3. The van der Waals surface area contributed by atoms with Crippen molar-refractivity contribution in [2.75, 3.05) is 19.6 Å². The van der Waals surface area contributed by atoms with Crippen LogP contribution in [0.1, 0.15) is 38.5 Å². The Hall–Kier alpha value is 0.900. The van der Waals surface area contributed by atoms with Crippen LogP contribution in [0.25, 0.3) is 0 Å². The molecular formula is C12H19NNa2O4. The fraction of sp³-hybridized carbons (Fsp3) is 0.833. The average molecular weight is 287 g/mol. The molecule has 5 nitrogen and oxygen atoms in total. The Bertz CT molecular complexity index is 256. The molecule has 1 rings (SSSR count). The van der Waals surface area contributed by atoms with Crippen molar-refractivity contribution in [3.8, 4) is 0 Å². The van der Waals surface area contributed by atoms with Gasteiger partial charge in [0.15, 0.2) is 0 Å². The summed E-state index contributed by atoms with van der Waals surface area (Å²) < 4.78 is 0. The second-order valence-electron chi connectivity index (χ2n) is 4.59. The Morgan fingerprint density at radius 1 is 0.947 bits per heavy atom. The van der Waals surface area contributed by atoms with Crippen LogP contribution in [0.2, 0.25) is 0 Å². The van der Waals surface area contributed by atoms with Crippen molar-refractivity contribution in [1.29, 1.82) is 0 Å². The van der Waals surface area contributed by atoms with E-state index in [1.54, 1.807) is 0 Å². The average Bonchev–Trinajstić information content (AvgIpc) is 2.29. The van der Waals surface area contributed by atoms with Gasteiger partial charge in [-0.3, -0.25) is 0 Å². The number of carbonyl (C=O) groups excluding carboxylic acids is 2. The quantitative estimate of drug-likeness (QED) is 0.264. The van der Waals surface area contributed by atoms with E-state index in [1.807, 2.05) is 0 Å². The van der Waals surface area contributed by atoms with Gasteiger partial charge in [0.05, 0.1) is 11.9 Å². The van der Waals surface area contributed by atoms with E-state index in [9.17, 15) is 19.8 Å². The second kappa shape index (κ2) is 12.6. The molecule has 1 aliphatic heterocycles. The van der Waals surface area contributed by atoms with Crippen molar-refractivity contribution in [2.45, 2.75) is 38.5 Å². The Morgan fingerprint density at radius 2 is 1.47 bits per heavy atom. The number of carboxylic acid groups (broad SMARTS) is 2. The van der Waals surface area contributed by atoms with Crippen molar-refractivity contribution in [3.05, 3.63) is 0 Å². The summed E-state index contributed by atoms with van der Waals surface area (Å²) in [5.41, 5.74) is 0. The number of rotatable bonds is 7. The summed E-state index contributed by atoms with van der Waals surface area (Å²) in [5.74, 6) is -4.54. The first-order valence-corrected chi connectivity index (χ1v) is 6.25. The van der Waals surface area contributed by atoms with Gasteiger partial charge in [0, 0.05) is 5.92 Å². The van der Waals surface area contributed by atoms with Crippen molar-refractivity contribution >= 4 is 11.9 Å². The van der Waals surface area contributed by atoms with Crippen LogP contribution < -0.4 is 69.3 Å². The predicted molar refractivity (Wildman–Crippen MR) is 57.6 cm³/mol. The minimum absolute atomic E-state index is 0. The first-order chi connectivity index (χ1) is 8.11. The first-order valence-electron chi connectivity index (χ1n) is 6.25. The van der Waals surface area contributed by atoms with Gasteiger partial charge in [-0.25, -0.2) is 0 Å². The number of carboxylic acids is 2. The van der Waals surface area contributed by atoms with E-state index in [1.165, 1.54) is 19.3 Å². The maximum atomic E-state index is 10.5. The van der Waals surface area contributed by atoms with Crippen LogP contribution in [0.15, 0.2) is 0 Å². The van der Waals surface area contributed by atoms with Gasteiger partial charge in [-0.15, -0.1) is 0 Å². The monoisotopic (exact) mass is 287 g/mol. The molecule has 1 heterocycles. The normalized spacial score (nSPS) is 15.4. The molecule has 19 heavy (non-hydrogen) atoms. The standard InChI is InChI=1S/C12H21NO4.2Na/c14-11(15)10(12(16)17)6-2-5-9-13-7-3-1-4-8-13;;/h10H,1-9H2,(H,14,15)(H,16,17);;/q;2*+1/p-2. The number of carbonyl (C=O) groups is 2. The molecule has 0 N–H and O–H groups in total. The Labute approximate surface area is 158 Å². The van der Waals surface area contributed by atoms with E-state index in [-0.39, 0.29) is 65.5 Å². The minimum atomic E-state index is -1.54. The summed E-state index contributed by atoms with van der Waals surface area (Å²) in [5, 5.41) is 21.0. The fourth-order valence-corrected chi connectivity index (χ4v) is 2.20. The maximum absolute atomic E-state index is 10.5. The SMILES string of the molecule is O=C([O-])C(CCCCN1CCCCC1)C(=O)[O-].[Na+].[Na+]. The van der Waals surface area contributed by atoms with E-state index in [0.29, 0.717) is 6.42 Å². The number of hydrogen-bond donors (Lipinski definition) is 0. The molecule has 0 aromatic rings. The largest absolute Gasteiger partial charge is 1.00 e. The zero-order valence-corrected chi connectivity index (χ0v) is 16.0. The van der Waals surface area contributed by atoms with E-state index < -0.39 is 17.9 Å². The molecule has 1 saturated heterocycles. The molecule has 0 spiro atoms.